The molecule has 2 aromatic heterocycles. The summed E-state index contributed by atoms with van der Waals surface area (Å²) in [5.41, 5.74) is 0.793. The molecule has 0 saturated carbocycles. The molecule has 27 heavy (non-hydrogen) atoms. The van der Waals surface area contributed by atoms with E-state index in [-0.39, 0.29) is 6.04 Å². The lowest BCUT2D eigenvalue weighted by Gasteiger charge is -2.21. The van der Waals surface area contributed by atoms with Crippen molar-refractivity contribution in [3.8, 4) is 11.5 Å². The van der Waals surface area contributed by atoms with Crippen molar-refractivity contribution in [3.05, 3.63) is 23.3 Å². The highest BCUT2D eigenvalue weighted by molar-refractivity contribution is 6.29. The molecular formula is C18H26ClN5O3. The number of rotatable bonds is 6. The van der Waals surface area contributed by atoms with E-state index in [1.165, 1.54) is 0 Å². The zero-order valence-electron chi connectivity index (χ0n) is 16.5. The van der Waals surface area contributed by atoms with Crippen LogP contribution in [-0.2, 0) is 4.74 Å². The van der Waals surface area contributed by atoms with Gasteiger partial charge in [0.2, 0.25) is 5.89 Å². The highest BCUT2D eigenvalue weighted by Crippen LogP contribution is 2.30. The molecule has 8 nitrogen and oxygen atoms in total. The first kappa shape index (κ1) is 21.0. The number of alkyl carbamates (subject to hydrolysis) is 1. The molecule has 2 heterocycles. The molecule has 1 amide bonds. The molecular weight excluding hydrogens is 370 g/mol. The number of nitrogens with zero attached hydrogens (tertiary/aromatic N) is 3. The Balaban J connectivity index is 2.23. The highest BCUT2D eigenvalue weighted by atomic mass is 35.5. The summed E-state index contributed by atoms with van der Waals surface area (Å²) in [5.74, 6) is 0.588. The standard InChI is InChI=1S/C18H26ClN5O3/c1-7-12(22-17(25)27-18(4,5)6)16-24-23-15(26-16)11-9-20-14(19)8-13(11)21-10(2)3/h8-10,12H,7H2,1-6H3,(H,20,21)(H,22,25). The summed E-state index contributed by atoms with van der Waals surface area (Å²) in [7, 11) is 0. The lowest BCUT2D eigenvalue weighted by molar-refractivity contribution is 0.0494. The predicted octanol–water partition coefficient (Wildman–Crippen LogP) is 4.58. The van der Waals surface area contributed by atoms with E-state index in [0.29, 0.717) is 28.9 Å². The fraction of sp³-hybridized carbons (Fsp3) is 0.556. The van der Waals surface area contributed by atoms with Crippen LogP contribution < -0.4 is 10.6 Å². The van der Waals surface area contributed by atoms with Crippen molar-refractivity contribution in [1.29, 1.82) is 0 Å². The first-order chi connectivity index (χ1) is 12.6. The maximum atomic E-state index is 12.0. The fourth-order valence-corrected chi connectivity index (χ4v) is 2.46. The van der Waals surface area contributed by atoms with E-state index in [4.69, 9.17) is 20.8 Å². The van der Waals surface area contributed by atoms with Crippen molar-refractivity contribution in [3.63, 3.8) is 0 Å². The van der Waals surface area contributed by atoms with Crippen molar-refractivity contribution < 1.29 is 13.9 Å². The van der Waals surface area contributed by atoms with Crippen molar-refractivity contribution in [1.82, 2.24) is 20.5 Å². The largest absolute Gasteiger partial charge is 0.444 e. The monoisotopic (exact) mass is 395 g/mol. The van der Waals surface area contributed by atoms with Crippen LogP contribution in [0.4, 0.5) is 10.5 Å². The van der Waals surface area contributed by atoms with E-state index in [0.717, 1.165) is 5.69 Å². The van der Waals surface area contributed by atoms with E-state index >= 15 is 0 Å². The van der Waals surface area contributed by atoms with Crippen LogP contribution in [-0.4, -0.2) is 32.9 Å². The fourth-order valence-electron chi connectivity index (χ4n) is 2.30. The smallest absolute Gasteiger partial charge is 0.408 e. The zero-order chi connectivity index (χ0) is 20.2. The van der Waals surface area contributed by atoms with Crippen LogP contribution in [0.15, 0.2) is 16.7 Å². The maximum absolute atomic E-state index is 12.0. The second-order valence-corrected chi connectivity index (χ2v) is 7.79. The average molecular weight is 396 g/mol. The van der Waals surface area contributed by atoms with Crippen molar-refractivity contribution >= 4 is 23.4 Å². The number of nitrogens with one attached hydrogen (secondary N) is 2. The lowest BCUT2D eigenvalue weighted by Crippen LogP contribution is -2.34. The quantitative estimate of drug-likeness (QED) is 0.690. The molecule has 0 fully saturated rings. The van der Waals surface area contributed by atoms with E-state index < -0.39 is 17.7 Å². The van der Waals surface area contributed by atoms with Gasteiger partial charge in [0.05, 0.1) is 11.3 Å². The summed E-state index contributed by atoms with van der Waals surface area (Å²) in [4.78, 5) is 16.1. The Kier molecular flexibility index (Phi) is 6.64. The van der Waals surface area contributed by atoms with Crippen LogP contribution in [0.5, 0.6) is 0 Å². The number of hydrogen-bond donors (Lipinski definition) is 2. The normalized spacial score (nSPS) is 12.7. The molecule has 0 aromatic carbocycles. The molecule has 0 aliphatic rings. The molecule has 2 N–H and O–H groups in total. The van der Waals surface area contributed by atoms with E-state index in [1.54, 1.807) is 33.0 Å². The third-order valence-corrected chi connectivity index (χ3v) is 3.59. The minimum Gasteiger partial charge on any atom is -0.444 e. The number of halogens is 1. The van der Waals surface area contributed by atoms with E-state index in [9.17, 15) is 4.79 Å². The van der Waals surface area contributed by atoms with Gasteiger partial charge in [0, 0.05) is 12.2 Å². The molecule has 0 radical (unpaired) electrons. The Bertz CT molecular complexity index is 786. The van der Waals surface area contributed by atoms with Gasteiger partial charge in [-0.1, -0.05) is 18.5 Å². The van der Waals surface area contributed by atoms with Crippen molar-refractivity contribution in [2.75, 3.05) is 5.32 Å². The van der Waals surface area contributed by atoms with Crippen LogP contribution >= 0.6 is 11.6 Å². The Morgan fingerprint density at radius 1 is 1.33 bits per heavy atom. The second kappa shape index (κ2) is 8.56. The summed E-state index contributed by atoms with van der Waals surface area (Å²) >= 11 is 6.00. The Morgan fingerprint density at radius 2 is 2.04 bits per heavy atom. The number of amides is 1. The summed E-state index contributed by atoms with van der Waals surface area (Å²) in [5, 5.41) is 14.6. The van der Waals surface area contributed by atoms with Crippen molar-refractivity contribution in [2.45, 2.75) is 65.6 Å². The molecule has 9 heteroatoms. The molecule has 148 valence electrons. The number of pyridine rings is 1. The van der Waals surface area contributed by atoms with Crippen LogP contribution in [0, 0.1) is 0 Å². The average Bonchev–Trinajstić information content (AvgIpc) is 3.00. The molecule has 2 rings (SSSR count). The Hall–Kier alpha value is -2.35. The third-order valence-electron chi connectivity index (χ3n) is 3.38. The van der Waals surface area contributed by atoms with Gasteiger partial charge in [-0.3, -0.25) is 0 Å². The summed E-state index contributed by atoms with van der Waals surface area (Å²) < 4.78 is 11.1. The molecule has 0 aliphatic heterocycles. The van der Waals surface area contributed by atoms with Gasteiger partial charge in [-0.2, -0.15) is 0 Å². The van der Waals surface area contributed by atoms with Gasteiger partial charge in [-0.25, -0.2) is 9.78 Å². The number of anilines is 1. The number of carbonyl (C=O) groups is 1. The molecule has 0 spiro atoms. The molecule has 0 aliphatic carbocycles. The lowest BCUT2D eigenvalue weighted by atomic mass is 10.2. The predicted molar refractivity (Wildman–Crippen MR) is 104 cm³/mol. The van der Waals surface area contributed by atoms with Gasteiger partial charge in [0.15, 0.2) is 0 Å². The summed E-state index contributed by atoms with van der Waals surface area (Å²) in [6, 6.07) is 1.43. The Morgan fingerprint density at radius 3 is 2.63 bits per heavy atom. The molecule has 2 aromatic rings. The number of carbonyl (C=O) groups excluding carboxylic acids is 1. The SMILES string of the molecule is CCC(NC(=O)OC(C)(C)C)c1nnc(-c2cnc(Cl)cc2NC(C)C)o1. The summed E-state index contributed by atoms with van der Waals surface area (Å²) in [6.45, 7) is 11.3. The Labute approximate surface area is 164 Å². The van der Waals surface area contributed by atoms with Gasteiger partial charge in [-0.15, -0.1) is 10.2 Å². The minimum atomic E-state index is -0.589. The number of hydrogen-bond acceptors (Lipinski definition) is 7. The van der Waals surface area contributed by atoms with Crippen LogP contribution in [0.25, 0.3) is 11.5 Å². The third kappa shape index (κ3) is 6.09. The molecule has 1 unspecified atom stereocenters. The van der Waals surface area contributed by atoms with Crippen molar-refractivity contribution in [2.24, 2.45) is 0 Å². The molecule has 0 bridgehead atoms. The zero-order valence-corrected chi connectivity index (χ0v) is 17.2. The van der Waals surface area contributed by atoms with Crippen LogP contribution in [0.2, 0.25) is 5.15 Å². The van der Waals surface area contributed by atoms with E-state index in [2.05, 4.69) is 25.8 Å². The number of aromatic nitrogens is 3. The van der Waals surface area contributed by atoms with Gasteiger partial charge < -0.3 is 19.8 Å². The first-order valence-corrected chi connectivity index (χ1v) is 9.22. The minimum absolute atomic E-state index is 0.182. The van der Waals surface area contributed by atoms with Crippen LogP contribution in [0.1, 0.15) is 59.9 Å². The maximum Gasteiger partial charge on any atom is 0.408 e. The van der Waals surface area contributed by atoms with Gasteiger partial charge in [0.25, 0.3) is 5.89 Å². The van der Waals surface area contributed by atoms with Gasteiger partial charge in [0.1, 0.15) is 16.8 Å². The molecule has 1 atom stereocenters. The van der Waals surface area contributed by atoms with E-state index in [1.807, 2.05) is 20.8 Å². The van der Waals surface area contributed by atoms with Gasteiger partial charge >= 0.3 is 6.09 Å². The summed E-state index contributed by atoms with van der Waals surface area (Å²) in [6.07, 6.45) is 1.60. The highest BCUT2D eigenvalue weighted by Gasteiger charge is 2.24. The molecule has 0 saturated heterocycles. The van der Waals surface area contributed by atoms with Crippen LogP contribution in [0.3, 0.4) is 0 Å². The number of ether oxygens (including phenoxy) is 1. The van der Waals surface area contributed by atoms with Gasteiger partial charge in [-0.05, 0) is 47.1 Å². The first-order valence-electron chi connectivity index (χ1n) is 8.84. The second-order valence-electron chi connectivity index (χ2n) is 7.40. The topological polar surface area (TPSA) is 102 Å².